The summed E-state index contributed by atoms with van der Waals surface area (Å²) in [4.78, 5) is 2.52. The molecule has 3 aromatic rings. The molecule has 0 saturated carbocycles. The van der Waals surface area contributed by atoms with Gasteiger partial charge in [-0.1, -0.05) is 42.5 Å². The first kappa shape index (κ1) is 18.5. The molecule has 0 N–H and O–H groups in total. The second-order valence-electron chi connectivity index (χ2n) is 7.11. The van der Waals surface area contributed by atoms with E-state index in [4.69, 9.17) is 4.74 Å². The molecule has 0 aliphatic carbocycles. The second-order valence-corrected chi connectivity index (χ2v) is 7.11. The first-order valence-electron chi connectivity index (χ1n) is 10.0. The number of hydrogen-bond donors (Lipinski definition) is 0. The van der Waals surface area contributed by atoms with Gasteiger partial charge in [-0.3, -0.25) is 9.91 Å². The molecule has 4 heteroatoms. The molecule has 1 saturated heterocycles. The molecule has 3 aromatic carbocycles. The van der Waals surface area contributed by atoms with E-state index in [1.54, 1.807) is 0 Å². The van der Waals surface area contributed by atoms with Crippen LogP contribution in [-0.4, -0.2) is 48.9 Å². The Hall–Kier alpha value is -2.85. The number of nitrogens with zero attached hydrogens (tertiary/aromatic N) is 3. The maximum atomic E-state index is 5.48. The lowest BCUT2D eigenvalue weighted by Gasteiger charge is -2.33. The normalized spacial score (nSPS) is 15.4. The Labute approximate surface area is 167 Å². The SMILES string of the molecule is CCOc1ccc(C=NN2CCN(Cc3cccc4ccccc34)CC2)cc1. The quantitative estimate of drug-likeness (QED) is 0.600. The van der Waals surface area contributed by atoms with E-state index in [-0.39, 0.29) is 0 Å². The van der Waals surface area contributed by atoms with Crippen molar-refractivity contribution in [3.8, 4) is 5.75 Å². The van der Waals surface area contributed by atoms with Crippen LogP contribution in [0.25, 0.3) is 10.8 Å². The van der Waals surface area contributed by atoms with Gasteiger partial charge in [0.05, 0.1) is 12.8 Å². The highest BCUT2D eigenvalue weighted by Crippen LogP contribution is 2.20. The van der Waals surface area contributed by atoms with Crippen LogP contribution in [0.5, 0.6) is 5.75 Å². The van der Waals surface area contributed by atoms with Crippen LogP contribution in [0.3, 0.4) is 0 Å². The van der Waals surface area contributed by atoms with Crippen LogP contribution in [0.1, 0.15) is 18.1 Å². The summed E-state index contributed by atoms with van der Waals surface area (Å²) in [5, 5.41) is 9.50. The lowest BCUT2D eigenvalue weighted by atomic mass is 10.0. The summed E-state index contributed by atoms with van der Waals surface area (Å²) in [6, 6.07) is 23.3. The highest BCUT2D eigenvalue weighted by atomic mass is 16.5. The molecular weight excluding hydrogens is 346 g/mol. The number of benzene rings is 3. The fourth-order valence-corrected chi connectivity index (χ4v) is 3.65. The van der Waals surface area contributed by atoms with E-state index in [9.17, 15) is 0 Å². The monoisotopic (exact) mass is 373 g/mol. The summed E-state index contributed by atoms with van der Waals surface area (Å²) >= 11 is 0. The van der Waals surface area contributed by atoms with E-state index in [0.717, 1.165) is 44.0 Å². The van der Waals surface area contributed by atoms with Crippen LogP contribution in [-0.2, 0) is 6.54 Å². The van der Waals surface area contributed by atoms with Gasteiger partial charge in [-0.15, -0.1) is 0 Å². The summed E-state index contributed by atoms with van der Waals surface area (Å²) in [6.45, 7) is 7.66. The highest BCUT2D eigenvalue weighted by molar-refractivity contribution is 5.85. The van der Waals surface area contributed by atoms with Crippen molar-refractivity contribution in [1.82, 2.24) is 9.91 Å². The largest absolute Gasteiger partial charge is 0.494 e. The van der Waals surface area contributed by atoms with Gasteiger partial charge in [-0.2, -0.15) is 5.10 Å². The van der Waals surface area contributed by atoms with Crippen LogP contribution in [0.15, 0.2) is 71.8 Å². The van der Waals surface area contributed by atoms with Gasteiger partial charge in [-0.25, -0.2) is 0 Å². The van der Waals surface area contributed by atoms with E-state index >= 15 is 0 Å². The van der Waals surface area contributed by atoms with Crippen molar-refractivity contribution in [1.29, 1.82) is 0 Å². The molecule has 4 nitrogen and oxygen atoms in total. The first-order valence-corrected chi connectivity index (χ1v) is 10.0. The van der Waals surface area contributed by atoms with Crippen molar-refractivity contribution >= 4 is 17.0 Å². The number of hydrogen-bond acceptors (Lipinski definition) is 4. The van der Waals surface area contributed by atoms with Gasteiger partial charge in [0.1, 0.15) is 5.75 Å². The Morgan fingerprint density at radius 2 is 1.64 bits per heavy atom. The zero-order valence-electron chi connectivity index (χ0n) is 16.4. The summed E-state index contributed by atoms with van der Waals surface area (Å²) in [5.41, 5.74) is 2.51. The molecule has 4 rings (SSSR count). The van der Waals surface area contributed by atoms with E-state index in [1.807, 2.05) is 37.4 Å². The molecule has 0 atom stereocenters. The number of rotatable bonds is 6. The molecule has 0 unspecified atom stereocenters. The number of hydrazone groups is 1. The predicted octanol–water partition coefficient (Wildman–Crippen LogP) is 4.39. The molecule has 1 heterocycles. The minimum atomic E-state index is 0.691. The van der Waals surface area contributed by atoms with Gasteiger partial charge in [0, 0.05) is 32.7 Å². The summed E-state index contributed by atoms with van der Waals surface area (Å²) in [7, 11) is 0. The van der Waals surface area contributed by atoms with Gasteiger partial charge >= 0.3 is 0 Å². The van der Waals surface area contributed by atoms with E-state index < -0.39 is 0 Å². The van der Waals surface area contributed by atoms with Gasteiger partial charge in [-0.05, 0) is 53.1 Å². The third-order valence-electron chi connectivity index (χ3n) is 5.18. The van der Waals surface area contributed by atoms with Gasteiger partial charge in [0.15, 0.2) is 0 Å². The fraction of sp³-hybridized carbons (Fsp3) is 0.292. The maximum Gasteiger partial charge on any atom is 0.119 e. The molecule has 28 heavy (non-hydrogen) atoms. The van der Waals surface area contributed by atoms with Crippen LogP contribution in [0.4, 0.5) is 0 Å². The van der Waals surface area contributed by atoms with Crippen LogP contribution in [0.2, 0.25) is 0 Å². The zero-order chi connectivity index (χ0) is 19.2. The zero-order valence-corrected chi connectivity index (χ0v) is 16.4. The van der Waals surface area contributed by atoms with Crippen molar-refractivity contribution in [2.75, 3.05) is 32.8 Å². The van der Waals surface area contributed by atoms with Crippen molar-refractivity contribution in [2.45, 2.75) is 13.5 Å². The molecule has 144 valence electrons. The maximum absolute atomic E-state index is 5.48. The first-order chi connectivity index (χ1) is 13.8. The Balaban J connectivity index is 1.32. The van der Waals surface area contributed by atoms with Crippen molar-refractivity contribution in [3.63, 3.8) is 0 Å². The standard InChI is InChI=1S/C24H27N3O/c1-2-28-23-12-10-20(11-13-23)18-25-27-16-14-26(15-17-27)19-22-8-5-7-21-6-3-4-9-24(21)22/h3-13,18H,2,14-17,19H2,1H3. The predicted molar refractivity (Wildman–Crippen MR) is 116 cm³/mol. The molecule has 0 spiro atoms. The molecule has 1 aliphatic rings. The Morgan fingerprint density at radius 3 is 2.43 bits per heavy atom. The van der Waals surface area contributed by atoms with Crippen LogP contribution < -0.4 is 4.74 Å². The van der Waals surface area contributed by atoms with Crippen LogP contribution >= 0.6 is 0 Å². The number of piperazine rings is 1. The molecule has 0 radical (unpaired) electrons. The Morgan fingerprint density at radius 1 is 0.893 bits per heavy atom. The second kappa shape index (κ2) is 8.89. The van der Waals surface area contributed by atoms with Gasteiger partial charge in [0.25, 0.3) is 0 Å². The van der Waals surface area contributed by atoms with Crippen LogP contribution in [0, 0.1) is 0 Å². The fourth-order valence-electron chi connectivity index (χ4n) is 3.65. The van der Waals surface area contributed by atoms with E-state index in [0.29, 0.717) is 6.61 Å². The summed E-state index contributed by atoms with van der Waals surface area (Å²) in [6.07, 6.45) is 1.94. The van der Waals surface area contributed by atoms with E-state index in [2.05, 4.69) is 57.5 Å². The van der Waals surface area contributed by atoms with E-state index in [1.165, 1.54) is 16.3 Å². The lowest BCUT2D eigenvalue weighted by molar-refractivity contribution is 0.131. The molecule has 1 fully saturated rings. The molecule has 0 bridgehead atoms. The van der Waals surface area contributed by atoms with Crippen molar-refractivity contribution in [3.05, 3.63) is 77.9 Å². The molecule has 0 aromatic heterocycles. The molecular formula is C24H27N3O. The van der Waals surface area contributed by atoms with Gasteiger partial charge in [0.2, 0.25) is 0 Å². The minimum absolute atomic E-state index is 0.691. The molecule has 0 amide bonds. The third-order valence-corrected chi connectivity index (χ3v) is 5.18. The van der Waals surface area contributed by atoms with Crippen molar-refractivity contribution in [2.24, 2.45) is 5.10 Å². The number of ether oxygens (including phenoxy) is 1. The number of fused-ring (bicyclic) bond motifs is 1. The topological polar surface area (TPSA) is 28.1 Å². The Kier molecular flexibility index (Phi) is 5.88. The van der Waals surface area contributed by atoms with Crippen molar-refractivity contribution < 1.29 is 4.74 Å². The molecule has 1 aliphatic heterocycles. The average Bonchev–Trinajstić information content (AvgIpc) is 2.75. The average molecular weight is 374 g/mol. The Bertz CT molecular complexity index is 923. The lowest BCUT2D eigenvalue weighted by Crippen LogP contribution is -2.43. The summed E-state index contributed by atoms with van der Waals surface area (Å²) < 4.78 is 5.48. The van der Waals surface area contributed by atoms with Gasteiger partial charge < -0.3 is 4.74 Å². The highest BCUT2D eigenvalue weighted by Gasteiger charge is 2.16. The minimum Gasteiger partial charge on any atom is -0.494 e. The summed E-state index contributed by atoms with van der Waals surface area (Å²) in [5.74, 6) is 0.904. The smallest absolute Gasteiger partial charge is 0.119 e. The third kappa shape index (κ3) is 4.52.